The molecule has 0 aliphatic carbocycles. The fourth-order valence-electron chi connectivity index (χ4n) is 1.10. The second kappa shape index (κ2) is 6.59. The molecule has 0 saturated heterocycles. The summed E-state index contributed by atoms with van der Waals surface area (Å²) in [5, 5.41) is 17.5. The van der Waals surface area contributed by atoms with Gasteiger partial charge in [0.15, 0.2) is 5.60 Å². The number of phosphoric ester groups is 1. The molecular formula is C7H11NO10P-. The number of esters is 1. The molecule has 0 saturated carbocycles. The molecule has 110 valence electrons. The topological polar surface area (TPSA) is 186 Å². The normalized spacial score (nSPS) is 17.0. The van der Waals surface area contributed by atoms with Gasteiger partial charge in [0.2, 0.25) is 0 Å². The van der Waals surface area contributed by atoms with Gasteiger partial charge in [0.05, 0.1) is 20.0 Å². The van der Waals surface area contributed by atoms with Gasteiger partial charge in [-0.3, -0.25) is 18.7 Å². The standard InChI is InChI=1S/C7H12NO10P/c1-16-5(11)3-7(6(12)13,2-4(9)10)17-19(14,15)18-8/h2-3,8H2,1H3,(H,9,10)(H,12,13)(H,14,15)/p-1. The van der Waals surface area contributed by atoms with Crippen molar-refractivity contribution in [2.75, 3.05) is 7.11 Å². The van der Waals surface area contributed by atoms with E-state index in [1.165, 1.54) is 0 Å². The van der Waals surface area contributed by atoms with Crippen LogP contribution in [0.15, 0.2) is 0 Å². The minimum absolute atomic E-state index is 0.895. The Labute approximate surface area is 106 Å². The van der Waals surface area contributed by atoms with Gasteiger partial charge < -0.3 is 19.8 Å². The van der Waals surface area contributed by atoms with Crippen molar-refractivity contribution >= 4 is 25.7 Å². The van der Waals surface area contributed by atoms with E-state index in [1.54, 1.807) is 0 Å². The van der Waals surface area contributed by atoms with E-state index in [-0.39, 0.29) is 0 Å². The van der Waals surface area contributed by atoms with Gasteiger partial charge >= 0.3 is 17.9 Å². The number of carbonyl (C=O) groups is 3. The summed E-state index contributed by atoms with van der Waals surface area (Å²) < 4.78 is 22.7. The number of rotatable bonds is 8. The van der Waals surface area contributed by atoms with E-state index in [9.17, 15) is 23.8 Å². The lowest BCUT2D eigenvalue weighted by Gasteiger charge is -2.32. The molecule has 0 heterocycles. The minimum atomic E-state index is -5.30. The van der Waals surface area contributed by atoms with Crippen LogP contribution < -0.4 is 10.8 Å². The molecule has 0 aliphatic rings. The Morgan fingerprint density at radius 1 is 1.32 bits per heavy atom. The summed E-state index contributed by atoms with van der Waals surface area (Å²) in [4.78, 5) is 43.7. The zero-order chi connectivity index (χ0) is 15.3. The largest absolute Gasteiger partial charge is 0.755 e. The van der Waals surface area contributed by atoms with E-state index in [4.69, 9.17) is 10.2 Å². The average Bonchev–Trinajstić information content (AvgIpc) is 2.27. The van der Waals surface area contributed by atoms with E-state index in [2.05, 4.69) is 19.8 Å². The highest BCUT2D eigenvalue weighted by Crippen LogP contribution is 2.44. The quantitative estimate of drug-likeness (QED) is 0.261. The van der Waals surface area contributed by atoms with Crippen LogP contribution in [0.4, 0.5) is 0 Å². The number of carboxylic acid groups (broad SMARTS) is 2. The summed E-state index contributed by atoms with van der Waals surface area (Å²) in [5.41, 5.74) is -2.91. The van der Waals surface area contributed by atoms with Crippen molar-refractivity contribution < 1.29 is 47.9 Å². The third-order valence-corrected chi connectivity index (χ3v) is 2.73. The van der Waals surface area contributed by atoms with E-state index in [0.29, 0.717) is 0 Å². The number of methoxy groups -OCH3 is 1. The van der Waals surface area contributed by atoms with Gasteiger partial charge in [-0.15, -0.1) is 0 Å². The number of nitrogens with two attached hydrogens (primary N) is 1. The van der Waals surface area contributed by atoms with Crippen LogP contribution in [-0.4, -0.2) is 40.8 Å². The van der Waals surface area contributed by atoms with Gasteiger partial charge in [0.1, 0.15) is 0 Å². The Hall–Kier alpha value is -1.52. The molecule has 19 heavy (non-hydrogen) atoms. The molecule has 0 bridgehead atoms. The predicted octanol–water partition coefficient (Wildman–Crippen LogP) is -1.78. The van der Waals surface area contributed by atoms with Crippen LogP contribution in [0.5, 0.6) is 0 Å². The van der Waals surface area contributed by atoms with E-state index in [0.717, 1.165) is 7.11 Å². The van der Waals surface area contributed by atoms with Crippen LogP contribution in [-0.2, 0) is 32.8 Å². The van der Waals surface area contributed by atoms with E-state index in [1.807, 2.05) is 0 Å². The van der Waals surface area contributed by atoms with Gasteiger partial charge in [-0.2, -0.15) is 0 Å². The summed E-state index contributed by atoms with van der Waals surface area (Å²) in [6.07, 6.45) is -2.49. The average molecular weight is 300 g/mol. The van der Waals surface area contributed by atoms with Gasteiger partial charge in [-0.05, 0) is 0 Å². The third-order valence-electron chi connectivity index (χ3n) is 1.90. The van der Waals surface area contributed by atoms with Crippen LogP contribution in [0.1, 0.15) is 12.8 Å². The summed E-state index contributed by atoms with van der Waals surface area (Å²) >= 11 is 0. The molecule has 0 radical (unpaired) electrons. The molecule has 0 aromatic carbocycles. The van der Waals surface area contributed by atoms with Crippen molar-refractivity contribution in [3.8, 4) is 0 Å². The zero-order valence-corrected chi connectivity index (χ0v) is 10.5. The number of carbonyl (C=O) groups excluding carboxylic acids is 1. The van der Waals surface area contributed by atoms with E-state index < -0.39 is 44.2 Å². The first-order valence-corrected chi connectivity index (χ1v) is 5.97. The summed E-state index contributed by atoms with van der Waals surface area (Å²) in [5.74, 6) is -0.568. The smallest absolute Gasteiger partial charge is 0.337 e. The summed E-state index contributed by atoms with van der Waals surface area (Å²) in [6, 6.07) is 0. The molecule has 0 fully saturated rings. The number of hydrogen-bond donors (Lipinski definition) is 3. The first kappa shape index (κ1) is 17.5. The summed E-state index contributed by atoms with van der Waals surface area (Å²) in [6.45, 7) is 0. The number of phosphoric acid groups is 1. The van der Waals surface area contributed by atoms with E-state index >= 15 is 0 Å². The van der Waals surface area contributed by atoms with Crippen molar-refractivity contribution in [2.24, 2.45) is 5.90 Å². The number of carboxylic acids is 2. The highest BCUT2D eigenvalue weighted by Gasteiger charge is 2.47. The lowest BCUT2D eigenvalue weighted by Crippen LogP contribution is -2.46. The number of hydrogen-bond acceptors (Lipinski definition) is 9. The van der Waals surface area contributed by atoms with Gasteiger partial charge in [-0.25, -0.2) is 15.3 Å². The predicted molar refractivity (Wildman–Crippen MR) is 53.2 cm³/mol. The molecule has 0 rings (SSSR count). The van der Waals surface area contributed by atoms with Crippen LogP contribution >= 0.6 is 7.82 Å². The summed E-state index contributed by atoms with van der Waals surface area (Å²) in [7, 11) is -4.40. The Bertz CT molecular complexity index is 422. The Morgan fingerprint density at radius 3 is 2.16 bits per heavy atom. The molecule has 12 heteroatoms. The van der Waals surface area contributed by atoms with Crippen molar-refractivity contribution in [3.05, 3.63) is 0 Å². The fourth-order valence-corrected chi connectivity index (χ4v) is 1.78. The maximum absolute atomic E-state index is 11.1. The molecule has 0 amide bonds. The van der Waals surface area contributed by atoms with Gasteiger partial charge in [0, 0.05) is 0 Å². The van der Waals surface area contributed by atoms with Crippen LogP contribution in [0.2, 0.25) is 0 Å². The number of ether oxygens (including phenoxy) is 1. The Balaban J connectivity index is 5.50. The highest BCUT2D eigenvalue weighted by atomic mass is 31.2. The lowest BCUT2D eigenvalue weighted by molar-refractivity contribution is -0.240. The highest BCUT2D eigenvalue weighted by molar-refractivity contribution is 7.45. The van der Waals surface area contributed by atoms with Crippen LogP contribution in [0.3, 0.4) is 0 Å². The van der Waals surface area contributed by atoms with Crippen molar-refractivity contribution in [3.63, 3.8) is 0 Å². The fraction of sp³-hybridized carbons (Fsp3) is 0.571. The number of aliphatic carboxylic acids is 2. The second-order valence-electron chi connectivity index (χ2n) is 3.27. The van der Waals surface area contributed by atoms with Gasteiger partial charge in [0.25, 0.3) is 7.82 Å². The molecule has 4 N–H and O–H groups in total. The molecule has 0 spiro atoms. The molecule has 0 aromatic rings. The van der Waals surface area contributed by atoms with Crippen molar-refractivity contribution in [1.82, 2.24) is 0 Å². The van der Waals surface area contributed by atoms with Crippen molar-refractivity contribution in [2.45, 2.75) is 18.4 Å². The first-order valence-electron chi connectivity index (χ1n) is 4.51. The SMILES string of the molecule is COC(=O)CC(CC(=O)O)(OP(=O)([O-])ON)C(=O)O. The maximum Gasteiger partial charge on any atom is 0.337 e. The Kier molecular flexibility index (Phi) is 6.06. The van der Waals surface area contributed by atoms with Crippen LogP contribution in [0.25, 0.3) is 0 Å². The molecule has 11 nitrogen and oxygen atoms in total. The molecule has 2 unspecified atom stereocenters. The second-order valence-corrected chi connectivity index (χ2v) is 4.55. The van der Waals surface area contributed by atoms with Gasteiger partial charge in [-0.1, -0.05) is 0 Å². The lowest BCUT2D eigenvalue weighted by atomic mass is 9.96. The third kappa shape index (κ3) is 5.32. The molecule has 2 atom stereocenters. The zero-order valence-electron chi connectivity index (χ0n) is 9.60. The first-order chi connectivity index (χ1) is 8.58. The van der Waals surface area contributed by atoms with Crippen LogP contribution in [0, 0.1) is 0 Å². The monoisotopic (exact) mass is 300 g/mol. The minimum Gasteiger partial charge on any atom is -0.755 e. The maximum atomic E-state index is 11.1. The van der Waals surface area contributed by atoms with Crippen molar-refractivity contribution in [1.29, 1.82) is 0 Å². The molecule has 0 aromatic heterocycles. The Morgan fingerprint density at radius 2 is 1.84 bits per heavy atom. The molecular weight excluding hydrogens is 289 g/mol. The molecule has 0 aliphatic heterocycles.